The Hall–Kier alpha value is -2.85. The molecule has 2 aromatic rings. The van der Waals surface area contributed by atoms with Crippen molar-refractivity contribution in [3.8, 4) is 23.7 Å². The molecule has 0 atom stereocenters. The van der Waals surface area contributed by atoms with Gasteiger partial charge in [0.05, 0.1) is 11.6 Å². The van der Waals surface area contributed by atoms with E-state index in [0.29, 0.717) is 17.1 Å². The van der Waals surface area contributed by atoms with Crippen molar-refractivity contribution in [1.29, 1.82) is 5.26 Å². The van der Waals surface area contributed by atoms with Crippen molar-refractivity contribution in [1.82, 2.24) is 9.97 Å². The van der Waals surface area contributed by atoms with Crippen molar-refractivity contribution in [2.24, 2.45) is 0 Å². The standard InChI is InChI=1S/C16H13N3O/c1-16(2,9-8-15-18-10-3-11-19-15)20-14-6-4-13(12-17)5-7-14/h3-7,10-11H,1-2H3. The Morgan fingerprint density at radius 2 is 1.75 bits per heavy atom. The molecule has 1 aromatic carbocycles. The van der Waals surface area contributed by atoms with Crippen LogP contribution in [-0.4, -0.2) is 15.6 Å². The SMILES string of the molecule is CC(C)(C#Cc1ncccn1)Oc1ccc(C#N)cc1. The lowest BCUT2D eigenvalue weighted by atomic mass is 10.1. The summed E-state index contributed by atoms with van der Waals surface area (Å²) >= 11 is 0. The zero-order chi connectivity index (χ0) is 14.4. The van der Waals surface area contributed by atoms with Gasteiger partial charge in [-0.3, -0.25) is 0 Å². The van der Waals surface area contributed by atoms with Crippen LogP contribution in [-0.2, 0) is 0 Å². The molecule has 0 radical (unpaired) electrons. The average molecular weight is 263 g/mol. The number of nitriles is 1. The summed E-state index contributed by atoms with van der Waals surface area (Å²) in [6.07, 6.45) is 3.29. The fraction of sp³-hybridized carbons (Fsp3) is 0.188. The summed E-state index contributed by atoms with van der Waals surface area (Å²) in [6, 6.07) is 10.7. The van der Waals surface area contributed by atoms with E-state index in [0.717, 1.165) is 0 Å². The number of hydrogen-bond acceptors (Lipinski definition) is 4. The van der Waals surface area contributed by atoms with E-state index in [2.05, 4.69) is 27.9 Å². The first-order chi connectivity index (χ1) is 9.59. The molecule has 0 aliphatic heterocycles. The predicted molar refractivity (Wildman–Crippen MR) is 74.8 cm³/mol. The van der Waals surface area contributed by atoms with Gasteiger partial charge in [-0.05, 0) is 56.0 Å². The molecule has 0 fully saturated rings. The van der Waals surface area contributed by atoms with Gasteiger partial charge in [-0.2, -0.15) is 5.26 Å². The molecule has 4 heteroatoms. The van der Waals surface area contributed by atoms with Crippen LogP contribution in [0.15, 0.2) is 42.7 Å². The van der Waals surface area contributed by atoms with Crippen LogP contribution in [0.25, 0.3) is 0 Å². The number of benzene rings is 1. The van der Waals surface area contributed by atoms with Crippen molar-refractivity contribution in [3.63, 3.8) is 0 Å². The minimum atomic E-state index is -0.673. The molecule has 0 amide bonds. The van der Waals surface area contributed by atoms with Crippen LogP contribution in [0, 0.1) is 23.2 Å². The maximum Gasteiger partial charge on any atom is 0.204 e. The van der Waals surface area contributed by atoms with E-state index in [1.165, 1.54) is 0 Å². The lowest BCUT2D eigenvalue weighted by molar-refractivity contribution is 0.172. The van der Waals surface area contributed by atoms with E-state index < -0.39 is 5.60 Å². The van der Waals surface area contributed by atoms with Gasteiger partial charge in [0.1, 0.15) is 5.75 Å². The molecule has 0 bridgehead atoms. The van der Waals surface area contributed by atoms with Crippen LogP contribution in [0.2, 0.25) is 0 Å². The monoisotopic (exact) mass is 263 g/mol. The van der Waals surface area contributed by atoms with Gasteiger partial charge >= 0.3 is 0 Å². The predicted octanol–water partition coefficient (Wildman–Crippen LogP) is 2.56. The highest BCUT2D eigenvalue weighted by molar-refractivity contribution is 5.35. The smallest absolute Gasteiger partial charge is 0.204 e. The Labute approximate surface area is 118 Å². The summed E-state index contributed by atoms with van der Waals surface area (Å²) in [6.45, 7) is 3.72. The minimum absolute atomic E-state index is 0.462. The fourth-order valence-electron chi connectivity index (χ4n) is 1.49. The number of nitrogens with zero attached hydrogens (tertiary/aromatic N) is 3. The Kier molecular flexibility index (Phi) is 3.98. The zero-order valence-corrected chi connectivity index (χ0v) is 11.3. The van der Waals surface area contributed by atoms with Crippen molar-refractivity contribution in [3.05, 3.63) is 54.1 Å². The maximum atomic E-state index is 8.74. The molecule has 4 nitrogen and oxygen atoms in total. The van der Waals surface area contributed by atoms with Gasteiger partial charge in [-0.25, -0.2) is 9.97 Å². The largest absolute Gasteiger partial charge is 0.475 e. The van der Waals surface area contributed by atoms with E-state index in [1.807, 2.05) is 13.8 Å². The molecular weight excluding hydrogens is 250 g/mol. The Morgan fingerprint density at radius 1 is 1.10 bits per heavy atom. The highest BCUT2D eigenvalue weighted by Crippen LogP contribution is 2.18. The first kappa shape index (κ1) is 13.6. The molecule has 20 heavy (non-hydrogen) atoms. The third-order valence-corrected chi connectivity index (χ3v) is 2.40. The summed E-state index contributed by atoms with van der Waals surface area (Å²) < 4.78 is 5.78. The Morgan fingerprint density at radius 3 is 2.35 bits per heavy atom. The van der Waals surface area contributed by atoms with Gasteiger partial charge in [0, 0.05) is 12.4 Å². The third kappa shape index (κ3) is 3.83. The van der Waals surface area contributed by atoms with Crippen LogP contribution in [0.4, 0.5) is 0 Å². The lowest BCUT2D eigenvalue weighted by Crippen LogP contribution is -2.25. The van der Waals surface area contributed by atoms with Crippen molar-refractivity contribution in [2.75, 3.05) is 0 Å². The van der Waals surface area contributed by atoms with E-state index in [1.54, 1.807) is 42.7 Å². The quantitative estimate of drug-likeness (QED) is 0.781. The summed E-state index contributed by atoms with van der Waals surface area (Å²) in [5, 5.41) is 8.74. The molecule has 1 heterocycles. The lowest BCUT2D eigenvalue weighted by Gasteiger charge is -2.20. The Balaban J connectivity index is 2.11. The topological polar surface area (TPSA) is 58.8 Å². The second kappa shape index (κ2) is 5.86. The highest BCUT2D eigenvalue weighted by atomic mass is 16.5. The number of rotatable bonds is 2. The first-order valence-corrected chi connectivity index (χ1v) is 6.08. The van der Waals surface area contributed by atoms with Gasteiger partial charge in [0.25, 0.3) is 0 Å². The highest BCUT2D eigenvalue weighted by Gasteiger charge is 2.16. The van der Waals surface area contributed by atoms with Crippen LogP contribution in [0.5, 0.6) is 5.75 Å². The van der Waals surface area contributed by atoms with Gasteiger partial charge in [-0.1, -0.05) is 0 Å². The molecule has 2 rings (SSSR count). The van der Waals surface area contributed by atoms with Crippen molar-refractivity contribution >= 4 is 0 Å². The second-order valence-corrected chi connectivity index (χ2v) is 4.57. The second-order valence-electron chi connectivity index (χ2n) is 4.57. The normalized spacial score (nSPS) is 10.1. The summed E-state index contributed by atoms with van der Waals surface area (Å²) in [5.74, 6) is 6.99. The van der Waals surface area contributed by atoms with Crippen LogP contribution in [0.1, 0.15) is 25.2 Å². The molecule has 98 valence electrons. The Bertz CT molecular complexity index is 674. The van der Waals surface area contributed by atoms with E-state index in [9.17, 15) is 0 Å². The molecule has 0 aliphatic carbocycles. The molecule has 0 spiro atoms. The van der Waals surface area contributed by atoms with Gasteiger partial charge in [0.15, 0.2) is 5.60 Å². The van der Waals surface area contributed by atoms with E-state index in [-0.39, 0.29) is 0 Å². The molecule has 1 aromatic heterocycles. The van der Waals surface area contributed by atoms with Crippen LogP contribution < -0.4 is 4.74 Å². The van der Waals surface area contributed by atoms with Crippen LogP contribution >= 0.6 is 0 Å². The number of aromatic nitrogens is 2. The molecule has 0 saturated carbocycles. The summed E-state index contributed by atoms with van der Waals surface area (Å²) in [4.78, 5) is 8.07. The molecule has 0 saturated heterocycles. The van der Waals surface area contributed by atoms with E-state index in [4.69, 9.17) is 10.00 Å². The summed E-state index contributed by atoms with van der Waals surface area (Å²) in [5.41, 5.74) is -0.0770. The van der Waals surface area contributed by atoms with Crippen molar-refractivity contribution in [2.45, 2.75) is 19.4 Å². The van der Waals surface area contributed by atoms with Crippen molar-refractivity contribution < 1.29 is 4.74 Å². The number of hydrogen-bond donors (Lipinski definition) is 0. The third-order valence-electron chi connectivity index (χ3n) is 2.40. The molecule has 0 aliphatic rings. The average Bonchev–Trinajstić information content (AvgIpc) is 2.47. The fourth-order valence-corrected chi connectivity index (χ4v) is 1.49. The first-order valence-electron chi connectivity index (χ1n) is 6.08. The molecule has 0 N–H and O–H groups in total. The van der Waals surface area contributed by atoms with Gasteiger partial charge in [-0.15, -0.1) is 0 Å². The zero-order valence-electron chi connectivity index (χ0n) is 11.3. The molecular formula is C16H13N3O. The van der Waals surface area contributed by atoms with Gasteiger partial charge in [0.2, 0.25) is 5.82 Å². The minimum Gasteiger partial charge on any atom is -0.475 e. The van der Waals surface area contributed by atoms with E-state index >= 15 is 0 Å². The van der Waals surface area contributed by atoms with Crippen LogP contribution in [0.3, 0.4) is 0 Å². The number of ether oxygens (including phenoxy) is 1. The summed E-state index contributed by atoms with van der Waals surface area (Å²) in [7, 11) is 0. The van der Waals surface area contributed by atoms with Gasteiger partial charge < -0.3 is 4.74 Å². The maximum absolute atomic E-state index is 8.74. The molecule has 0 unspecified atom stereocenters.